The second-order valence-electron chi connectivity index (χ2n) is 18.0. The molecular formula is C42H58N6O6S2. The molecule has 10 rings (SSSR count). The maximum atomic E-state index is 12.7. The predicted molar refractivity (Wildman–Crippen MR) is 218 cm³/mol. The molecule has 0 bridgehead atoms. The van der Waals surface area contributed by atoms with E-state index in [2.05, 4.69) is 50.8 Å². The van der Waals surface area contributed by atoms with E-state index in [-0.39, 0.29) is 10.7 Å². The Hall–Kier alpha value is -3.13. The molecule has 12 nitrogen and oxygen atoms in total. The number of benzene rings is 2. The van der Waals surface area contributed by atoms with Crippen molar-refractivity contribution in [2.45, 2.75) is 127 Å². The van der Waals surface area contributed by atoms with Gasteiger partial charge >= 0.3 is 6.03 Å². The van der Waals surface area contributed by atoms with Gasteiger partial charge in [0.25, 0.3) is 0 Å². The van der Waals surface area contributed by atoms with Crippen LogP contribution in [0, 0.1) is 10.8 Å². The molecule has 0 aromatic heterocycles. The van der Waals surface area contributed by atoms with Crippen molar-refractivity contribution in [3.05, 3.63) is 56.6 Å². The Kier molecular flexibility index (Phi) is 10.8. The average molecular weight is 807 g/mol. The normalized spacial score (nSPS) is 22.7. The van der Waals surface area contributed by atoms with E-state index in [1.807, 2.05) is 0 Å². The fourth-order valence-electron chi connectivity index (χ4n) is 11.3. The van der Waals surface area contributed by atoms with Crippen LogP contribution in [0.1, 0.15) is 110 Å². The van der Waals surface area contributed by atoms with Gasteiger partial charge in [-0.05, 0) is 171 Å². The maximum Gasteiger partial charge on any atom is 0.332 e. The standard InChI is InChI=1S/C21H29N3O3S.C13H13NO.C8H16N2O2S/c1-2-24-12-21(13-24)10-16(11-21)28(26,27)23-20(25)22-19-17-7-3-5-14(17)9-15-6-4-8-18(15)19;15-8-14-13-11-5-1-3-9(11)7-10-4-2-6-12(10)13;1-2-10-5-8(6-10)3-7(4-8)13(9,11)12/h9,16H,2-8,10-13H2,1H3,(H2,22,23,25);7H,1-6H2;7H,2-6H2,1H3,(H2,9,11,12). The molecule has 2 saturated heterocycles. The lowest BCUT2D eigenvalue weighted by molar-refractivity contribution is -0.0537. The molecule has 0 atom stereocenters. The number of nitrogens with zero attached hydrogens (tertiary/aromatic N) is 3. The molecular weight excluding hydrogens is 749 g/mol. The zero-order valence-corrected chi connectivity index (χ0v) is 34.7. The summed E-state index contributed by atoms with van der Waals surface area (Å²) in [5, 5.41) is 7.30. The van der Waals surface area contributed by atoms with Crippen molar-refractivity contribution in [3.8, 4) is 0 Å². The summed E-state index contributed by atoms with van der Waals surface area (Å²) in [7, 11) is -6.88. The number of primary sulfonamides is 1. The van der Waals surface area contributed by atoms with Crippen LogP contribution in [0.15, 0.2) is 17.1 Å². The molecule has 0 unspecified atom stereocenters. The molecule has 2 saturated carbocycles. The Morgan fingerprint density at radius 1 is 0.714 bits per heavy atom. The van der Waals surface area contributed by atoms with Gasteiger partial charge in [0.1, 0.15) is 0 Å². The third-order valence-corrected chi connectivity index (χ3v) is 17.2. The number of aliphatic imine (C=N–C) groups is 1. The number of hydrogen-bond donors (Lipinski definition) is 3. The number of amides is 2. The van der Waals surface area contributed by atoms with Crippen molar-refractivity contribution in [1.29, 1.82) is 0 Å². The topological polar surface area (TPSA) is 171 Å². The van der Waals surface area contributed by atoms with Crippen LogP contribution in [0.3, 0.4) is 0 Å². The van der Waals surface area contributed by atoms with E-state index < -0.39 is 31.3 Å². The average Bonchev–Trinajstić information content (AvgIpc) is 3.89. The summed E-state index contributed by atoms with van der Waals surface area (Å²) in [5.41, 5.74) is 12.9. The number of sulfonamides is 2. The van der Waals surface area contributed by atoms with E-state index in [9.17, 15) is 26.4 Å². The van der Waals surface area contributed by atoms with Crippen LogP contribution >= 0.6 is 0 Å². The van der Waals surface area contributed by atoms with E-state index >= 15 is 0 Å². The Labute approximate surface area is 332 Å². The van der Waals surface area contributed by atoms with E-state index in [1.54, 1.807) is 6.08 Å². The number of nitrogens with two attached hydrogens (primary N) is 1. The van der Waals surface area contributed by atoms with Crippen molar-refractivity contribution in [2.24, 2.45) is 21.0 Å². The quantitative estimate of drug-likeness (QED) is 0.260. The summed E-state index contributed by atoms with van der Waals surface area (Å²) < 4.78 is 49.6. The Balaban J connectivity index is 0.000000132. The lowest BCUT2D eigenvalue weighted by atomic mass is 9.63. The summed E-state index contributed by atoms with van der Waals surface area (Å²) in [6.07, 6.45) is 17.8. The van der Waals surface area contributed by atoms with Crippen LogP contribution in [0.4, 0.5) is 16.2 Å². The highest BCUT2D eigenvalue weighted by Gasteiger charge is 2.56. The Bertz CT molecular complexity index is 2090. The number of nitrogens with one attached hydrogen (secondary N) is 2. The molecule has 14 heteroatoms. The first kappa shape index (κ1) is 39.7. The van der Waals surface area contributed by atoms with Gasteiger partial charge in [0.15, 0.2) is 0 Å². The number of aryl methyl sites for hydroxylation is 4. The third kappa shape index (κ3) is 7.62. The fourth-order valence-corrected chi connectivity index (χ4v) is 14.1. The summed E-state index contributed by atoms with van der Waals surface area (Å²) in [4.78, 5) is 31.7. The predicted octanol–water partition coefficient (Wildman–Crippen LogP) is 4.99. The molecule has 4 fully saturated rings. The number of urea groups is 1. The number of isocyanates is 1. The Morgan fingerprint density at radius 2 is 1.12 bits per heavy atom. The van der Waals surface area contributed by atoms with E-state index in [0.717, 1.165) is 128 Å². The molecule has 8 aliphatic rings. The lowest BCUT2D eigenvalue weighted by Crippen LogP contribution is -2.65. The van der Waals surface area contributed by atoms with Gasteiger partial charge in [-0.3, -0.25) is 0 Å². The van der Waals surface area contributed by atoms with E-state index in [1.165, 1.54) is 57.3 Å². The van der Waals surface area contributed by atoms with Gasteiger partial charge in [-0.2, -0.15) is 4.99 Å². The van der Waals surface area contributed by atoms with Crippen molar-refractivity contribution in [3.63, 3.8) is 0 Å². The van der Waals surface area contributed by atoms with Crippen molar-refractivity contribution >= 4 is 43.5 Å². The minimum Gasteiger partial charge on any atom is -0.307 e. The zero-order chi connectivity index (χ0) is 39.5. The first-order valence-electron chi connectivity index (χ1n) is 20.9. The second-order valence-corrected chi connectivity index (χ2v) is 21.8. The maximum absolute atomic E-state index is 12.7. The second kappa shape index (κ2) is 15.2. The SMILES string of the molecule is CCN1CC2(CC(S(=O)(=O)NC(=O)Nc3c4c(cc5c3CCC5)CCC4)C2)C1.CCN1CC2(CC(S(N)(=O)=O)C2)C1.O=C=Nc1c2c(cc3c1CCC3)CCC2. The van der Waals surface area contributed by atoms with Crippen molar-refractivity contribution in [2.75, 3.05) is 44.6 Å². The van der Waals surface area contributed by atoms with Gasteiger partial charge in [-0.1, -0.05) is 26.0 Å². The Morgan fingerprint density at radius 3 is 1.54 bits per heavy atom. The number of carbonyl (C=O) groups excluding carboxylic acids is 2. The van der Waals surface area contributed by atoms with E-state index in [4.69, 9.17) is 5.14 Å². The number of carbonyl (C=O) groups is 1. The molecule has 2 amide bonds. The van der Waals surface area contributed by atoms with Crippen LogP contribution in [0.25, 0.3) is 0 Å². The molecule has 4 N–H and O–H groups in total. The molecule has 2 aromatic rings. The fraction of sp³-hybridized carbons (Fsp3) is 0.667. The van der Waals surface area contributed by atoms with Crippen molar-refractivity contribution in [1.82, 2.24) is 14.5 Å². The largest absolute Gasteiger partial charge is 0.332 e. The van der Waals surface area contributed by atoms with Crippen LogP contribution in [-0.4, -0.2) is 88.5 Å². The molecule has 6 aliphatic carbocycles. The smallest absolute Gasteiger partial charge is 0.307 e. The lowest BCUT2D eigenvalue weighted by Gasteiger charge is -2.58. The number of anilines is 1. The summed E-state index contributed by atoms with van der Waals surface area (Å²) >= 11 is 0. The highest BCUT2D eigenvalue weighted by atomic mass is 32.2. The van der Waals surface area contributed by atoms with Crippen LogP contribution in [0.5, 0.6) is 0 Å². The highest BCUT2D eigenvalue weighted by molar-refractivity contribution is 7.90. The van der Waals surface area contributed by atoms with Crippen molar-refractivity contribution < 1.29 is 26.4 Å². The number of rotatable bonds is 7. The molecule has 304 valence electrons. The zero-order valence-electron chi connectivity index (χ0n) is 33.1. The minimum absolute atomic E-state index is 0.174. The van der Waals surface area contributed by atoms with E-state index in [0.29, 0.717) is 18.3 Å². The van der Waals surface area contributed by atoms with Crippen LogP contribution in [0.2, 0.25) is 0 Å². The van der Waals surface area contributed by atoms with Gasteiger partial charge in [0.2, 0.25) is 26.1 Å². The number of hydrogen-bond acceptors (Lipinski definition) is 9. The first-order chi connectivity index (χ1) is 26.7. The summed E-state index contributed by atoms with van der Waals surface area (Å²) in [6.45, 7) is 10.5. The van der Waals surface area contributed by atoms with Crippen LogP contribution in [-0.2, 0) is 76.2 Å². The molecule has 56 heavy (non-hydrogen) atoms. The van der Waals surface area contributed by atoms with Gasteiger partial charge in [0, 0.05) is 31.9 Å². The van der Waals surface area contributed by atoms with Gasteiger partial charge in [0.05, 0.1) is 16.2 Å². The molecule has 2 aromatic carbocycles. The highest BCUT2D eigenvalue weighted by Crippen LogP contribution is 2.51. The molecule has 2 spiro atoms. The molecule has 2 heterocycles. The summed E-state index contributed by atoms with van der Waals surface area (Å²) in [6, 6.07) is 4.05. The number of likely N-dealkylation sites (tertiary alicyclic amines) is 2. The molecule has 0 radical (unpaired) electrons. The molecule has 2 aliphatic heterocycles. The van der Waals surface area contributed by atoms with Gasteiger partial charge in [-0.25, -0.2) is 36.3 Å². The number of fused-ring (bicyclic) bond motifs is 4. The minimum atomic E-state index is -3.62. The first-order valence-corrected chi connectivity index (χ1v) is 24.1. The van der Waals surface area contributed by atoms with Crippen LogP contribution < -0.4 is 15.2 Å². The van der Waals surface area contributed by atoms with Gasteiger partial charge < -0.3 is 15.1 Å². The summed E-state index contributed by atoms with van der Waals surface area (Å²) in [5.74, 6) is 0. The third-order valence-electron chi connectivity index (χ3n) is 14.2. The monoisotopic (exact) mass is 806 g/mol. The van der Waals surface area contributed by atoms with Gasteiger partial charge in [-0.15, -0.1) is 0 Å².